The molecule has 0 amide bonds. The highest BCUT2D eigenvalue weighted by atomic mass is 16.6. The summed E-state index contributed by atoms with van der Waals surface area (Å²) in [6, 6.07) is 0. The highest BCUT2D eigenvalue weighted by Gasteiger charge is 2.46. The van der Waals surface area contributed by atoms with Gasteiger partial charge in [-0.1, -0.05) is 5.16 Å². The fraction of sp³-hybridized carbons (Fsp3) is 0.778. The Labute approximate surface area is 84.0 Å². The second kappa shape index (κ2) is 3.33. The summed E-state index contributed by atoms with van der Waals surface area (Å²) in [5, 5.41) is 14.7. The maximum Gasteiger partial charge on any atom is 0.131 e. The van der Waals surface area contributed by atoms with Crippen LogP contribution in [0.1, 0.15) is 27.7 Å². The smallest absolute Gasteiger partial charge is 0.131 e. The van der Waals surface area contributed by atoms with Crippen molar-refractivity contribution in [1.82, 2.24) is 5.06 Å². The summed E-state index contributed by atoms with van der Waals surface area (Å²) in [5.74, 6) is 0. The van der Waals surface area contributed by atoms with Crippen molar-refractivity contribution in [2.45, 2.75) is 38.9 Å². The first kappa shape index (κ1) is 11.1. The van der Waals surface area contributed by atoms with Crippen molar-refractivity contribution in [2.24, 2.45) is 10.1 Å². The van der Waals surface area contributed by atoms with Gasteiger partial charge in [0.25, 0.3) is 0 Å². The minimum atomic E-state index is -0.613. The van der Waals surface area contributed by atoms with E-state index in [1.807, 2.05) is 27.7 Å². The predicted molar refractivity (Wildman–Crippen MR) is 54.7 cm³/mol. The van der Waals surface area contributed by atoms with E-state index in [1.165, 1.54) is 18.4 Å². The fourth-order valence-electron chi connectivity index (χ4n) is 1.56. The molecule has 80 valence electrons. The Morgan fingerprint density at radius 1 is 1.43 bits per heavy atom. The van der Waals surface area contributed by atoms with Gasteiger partial charge in [-0.3, -0.25) is 4.99 Å². The van der Waals surface area contributed by atoms with E-state index in [-0.39, 0.29) is 0 Å². The van der Waals surface area contributed by atoms with Gasteiger partial charge in [0, 0.05) is 0 Å². The van der Waals surface area contributed by atoms with E-state index in [9.17, 15) is 5.21 Å². The summed E-state index contributed by atoms with van der Waals surface area (Å²) in [5.41, 5.74) is -0.448. The van der Waals surface area contributed by atoms with Crippen molar-refractivity contribution in [2.75, 3.05) is 7.11 Å². The Morgan fingerprint density at radius 2 is 2.00 bits per heavy atom. The molecule has 0 spiro atoms. The molecule has 0 unspecified atom stereocenters. The first-order chi connectivity index (χ1) is 6.32. The summed E-state index contributed by atoms with van der Waals surface area (Å²) >= 11 is 0. The van der Waals surface area contributed by atoms with Gasteiger partial charge in [-0.15, -0.1) is 0 Å². The number of hydroxylamine groups is 2. The maximum absolute atomic E-state index is 9.87. The van der Waals surface area contributed by atoms with Gasteiger partial charge < -0.3 is 10.0 Å². The molecule has 0 saturated carbocycles. The minimum absolute atomic E-state index is 0.536. The maximum atomic E-state index is 9.87. The molecule has 1 heterocycles. The fourth-order valence-corrected chi connectivity index (χ4v) is 1.56. The van der Waals surface area contributed by atoms with Crippen LogP contribution in [0.25, 0.3) is 0 Å². The predicted octanol–water partition coefficient (Wildman–Crippen LogP) is 1.28. The molecule has 1 aliphatic heterocycles. The van der Waals surface area contributed by atoms with Crippen molar-refractivity contribution >= 4 is 11.9 Å². The van der Waals surface area contributed by atoms with Crippen LogP contribution in [-0.4, -0.2) is 40.5 Å². The molecule has 1 aliphatic rings. The van der Waals surface area contributed by atoms with Gasteiger partial charge in [0.05, 0.1) is 17.5 Å². The first-order valence-electron chi connectivity index (χ1n) is 4.48. The zero-order valence-corrected chi connectivity index (χ0v) is 9.27. The Kier molecular flexibility index (Phi) is 2.65. The van der Waals surface area contributed by atoms with Gasteiger partial charge in [-0.05, 0) is 27.7 Å². The van der Waals surface area contributed by atoms with E-state index in [0.717, 1.165) is 0 Å². The van der Waals surface area contributed by atoms with Crippen LogP contribution in [0.2, 0.25) is 0 Å². The van der Waals surface area contributed by atoms with Gasteiger partial charge in [0.2, 0.25) is 0 Å². The van der Waals surface area contributed by atoms with Gasteiger partial charge in [-0.25, -0.2) is 0 Å². The summed E-state index contributed by atoms with van der Waals surface area (Å²) in [7, 11) is 1.47. The van der Waals surface area contributed by atoms with Crippen LogP contribution < -0.4 is 0 Å². The van der Waals surface area contributed by atoms with Crippen LogP contribution in [0.15, 0.2) is 10.1 Å². The monoisotopic (exact) mass is 199 g/mol. The highest BCUT2D eigenvalue weighted by Crippen LogP contribution is 2.32. The third-order valence-corrected chi connectivity index (χ3v) is 2.35. The molecule has 0 aromatic heterocycles. The zero-order chi connectivity index (χ0) is 11.0. The molecular formula is C9H17N3O2. The normalized spacial score (nSPS) is 25.4. The Balaban J connectivity index is 3.00. The number of oxime groups is 1. The lowest BCUT2D eigenvalue weighted by Crippen LogP contribution is -2.50. The third kappa shape index (κ3) is 1.65. The summed E-state index contributed by atoms with van der Waals surface area (Å²) in [6.07, 6.45) is 1.53. The van der Waals surface area contributed by atoms with Gasteiger partial charge >= 0.3 is 0 Å². The van der Waals surface area contributed by atoms with Crippen LogP contribution in [0.5, 0.6) is 0 Å². The molecule has 0 bridgehead atoms. The molecular weight excluding hydrogens is 182 g/mol. The number of aliphatic imine (C=N–C) groups is 1. The minimum Gasteiger partial charge on any atom is -0.399 e. The van der Waals surface area contributed by atoms with Crippen LogP contribution >= 0.6 is 0 Å². The van der Waals surface area contributed by atoms with Gasteiger partial charge in [0.1, 0.15) is 12.8 Å². The van der Waals surface area contributed by atoms with E-state index in [4.69, 9.17) is 0 Å². The average molecular weight is 199 g/mol. The molecule has 1 rings (SSSR count). The van der Waals surface area contributed by atoms with E-state index < -0.39 is 11.2 Å². The molecule has 5 heteroatoms. The van der Waals surface area contributed by atoms with Crippen LogP contribution in [0.4, 0.5) is 0 Å². The Hall–Kier alpha value is -0.940. The molecule has 0 aliphatic carbocycles. The van der Waals surface area contributed by atoms with E-state index in [2.05, 4.69) is 15.0 Å². The number of rotatable bonds is 2. The quantitative estimate of drug-likeness (QED) is 0.538. The SMILES string of the molecule is CO/N=C/C1=NC(C)(C)N(O)C1(C)C. The lowest BCUT2D eigenvalue weighted by atomic mass is 9.99. The van der Waals surface area contributed by atoms with Crippen molar-refractivity contribution < 1.29 is 10.0 Å². The number of hydrogen-bond acceptors (Lipinski definition) is 5. The zero-order valence-electron chi connectivity index (χ0n) is 9.27. The second-order valence-electron chi connectivity index (χ2n) is 4.28. The molecule has 0 aromatic carbocycles. The van der Waals surface area contributed by atoms with Crippen LogP contribution in [0, 0.1) is 0 Å². The molecule has 14 heavy (non-hydrogen) atoms. The highest BCUT2D eigenvalue weighted by molar-refractivity contribution is 6.35. The molecule has 1 N–H and O–H groups in total. The van der Waals surface area contributed by atoms with Gasteiger partial charge in [-0.2, -0.15) is 5.06 Å². The summed E-state index contributed by atoms with van der Waals surface area (Å²) in [4.78, 5) is 8.94. The molecule has 0 saturated heterocycles. The second-order valence-corrected chi connectivity index (χ2v) is 4.28. The van der Waals surface area contributed by atoms with Crippen LogP contribution in [0.3, 0.4) is 0 Å². The van der Waals surface area contributed by atoms with Crippen molar-refractivity contribution in [3.63, 3.8) is 0 Å². The van der Waals surface area contributed by atoms with E-state index in [0.29, 0.717) is 5.71 Å². The Morgan fingerprint density at radius 3 is 2.36 bits per heavy atom. The third-order valence-electron chi connectivity index (χ3n) is 2.35. The molecule has 5 nitrogen and oxygen atoms in total. The number of nitrogens with zero attached hydrogens (tertiary/aromatic N) is 3. The standard InChI is InChI=1S/C9H17N3O2/c1-8(2)7(6-10-14-5)11-9(3,4)12(8)13/h6,13H,1-5H3/b10-6+. The largest absolute Gasteiger partial charge is 0.399 e. The van der Waals surface area contributed by atoms with E-state index in [1.54, 1.807) is 0 Å². The summed E-state index contributed by atoms with van der Waals surface area (Å²) in [6.45, 7) is 7.43. The molecule has 0 fully saturated rings. The lowest BCUT2D eigenvalue weighted by Gasteiger charge is -2.33. The van der Waals surface area contributed by atoms with Crippen molar-refractivity contribution in [1.29, 1.82) is 0 Å². The lowest BCUT2D eigenvalue weighted by molar-refractivity contribution is -0.187. The molecule has 0 radical (unpaired) electrons. The number of hydrogen-bond donors (Lipinski definition) is 1. The van der Waals surface area contributed by atoms with Crippen molar-refractivity contribution in [3.8, 4) is 0 Å². The van der Waals surface area contributed by atoms with Crippen LogP contribution in [-0.2, 0) is 4.84 Å². The van der Waals surface area contributed by atoms with E-state index >= 15 is 0 Å². The average Bonchev–Trinajstić information content (AvgIpc) is 2.23. The first-order valence-corrected chi connectivity index (χ1v) is 4.48. The van der Waals surface area contributed by atoms with Crippen molar-refractivity contribution in [3.05, 3.63) is 0 Å². The topological polar surface area (TPSA) is 57.4 Å². The Bertz CT molecular complexity index is 282. The molecule has 0 aromatic rings. The molecule has 0 atom stereocenters. The van der Waals surface area contributed by atoms with Gasteiger partial charge in [0.15, 0.2) is 0 Å². The summed E-state index contributed by atoms with van der Waals surface area (Å²) < 4.78 is 0.